The van der Waals surface area contributed by atoms with Crippen LogP contribution in [-0.4, -0.2) is 19.9 Å². The van der Waals surface area contributed by atoms with Crippen LogP contribution in [0.1, 0.15) is 11.1 Å². The van der Waals surface area contributed by atoms with Crippen LogP contribution in [-0.2, 0) is 22.2 Å². The fourth-order valence-corrected chi connectivity index (χ4v) is 3.40. The van der Waals surface area contributed by atoms with Gasteiger partial charge < -0.3 is 0 Å². The summed E-state index contributed by atoms with van der Waals surface area (Å²) in [6.45, 7) is 0.247. The SMILES string of the molecule is O=[N+]([O-])c1ccc(CCNS(=O)(=O)Cc2ccc(Br)cc2)cc1. The molecule has 0 unspecified atom stereocenters. The number of non-ortho nitro benzene ring substituents is 1. The van der Waals surface area contributed by atoms with Crippen molar-refractivity contribution in [2.75, 3.05) is 6.54 Å². The van der Waals surface area contributed by atoms with E-state index in [0.717, 1.165) is 10.0 Å². The number of nitro groups is 1. The third-order valence-electron chi connectivity index (χ3n) is 3.15. The molecule has 6 nitrogen and oxygen atoms in total. The van der Waals surface area contributed by atoms with Gasteiger partial charge in [-0.15, -0.1) is 0 Å². The zero-order valence-corrected chi connectivity index (χ0v) is 14.5. The Morgan fingerprint density at radius 1 is 1.00 bits per heavy atom. The Balaban J connectivity index is 1.86. The molecule has 0 saturated heterocycles. The lowest BCUT2D eigenvalue weighted by molar-refractivity contribution is -0.384. The molecule has 0 bridgehead atoms. The van der Waals surface area contributed by atoms with Gasteiger partial charge >= 0.3 is 0 Å². The van der Waals surface area contributed by atoms with E-state index < -0.39 is 14.9 Å². The van der Waals surface area contributed by atoms with Crippen molar-refractivity contribution in [3.05, 3.63) is 74.2 Å². The Kier molecular flexibility index (Phi) is 5.86. The zero-order chi connectivity index (χ0) is 16.9. The molecule has 0 amide bonds. The Hall–Kier alpha value is -1.77. The summed E-state index contributed by atoms with van der Waals surface area (Å²) in [7, 11) is -3.41. The Labute approximate surface area is 142 Å². The van der Waals surface area contributed by atoms with Gasteiger partial charge in [-0.05, 0) is 29.7 Å². The topological polar surface area (TPSA) is 89.3 Å². The monoisotopic (exact) mass is 398 g/mol. The van der Waals surface area contributed by atoms with Gasteiger partial charge in [0.1, 0.15) is 0 Å². The first-order valence-corrected chi connectivity index (χ1v) is 9.25. The van der Waals surface area contributed by atoms with Crippen molar-refractivity contribution in [3.8, 4) is 0 Å². The van der Waals surface area contributed by atoms with Crippen molar-refractivity contribution < 1.29 is 13.3 Å². The molecule has 0 heterocycles. The minimum absolute atomic E-state index is 0.0181. The predicted octanol–water partition coefficient (Wildman–Crippen LogP) is 3.02. The summed E-state index contributed by atoms with van der Waals surface area (Å²) in [5.74, 6) is -0.0828. The summed E-state index contributed by atoms with van der Waals surface area (Å²) in [5.41, 5.74) is 1.56. The summed E-state index contributed by atoms with van der Waals surface area (Å²) >= 11 is 3.30. The van der Waals surface area contributed by atoms with E-state index in [1.807, 2.05) is 0 Å². The van der Waals surface area contributed by atoms with Crippen LogP contribution < -0.4 is 4.72 Å². The highest BCUT2D eigenvalue weighted by molar-refractivity contribution is 9.10. The summed E-state index contributed by atoms with van der Waals surface area (Å²) in [4.78, 5) is 10.1. The maximum absolute atomic E-state index is 12.0. The lowest BCUT2D eigenvalue weighted by Crippen LogP contribution is -2.27. The molecule has 0 radical (unpaired) electrons. The van der Waals surface area contributed by atoms with Gasteiger partial charge in [-0.1, -0.05) is 40.2 Å². The average molecular weight is 399 g/mol. The summed E-state index contributed by atoms with van der Waals surface area (Å²) in [6, 6.07) is 13.2. The molecular formula is C15H15BrN2O4S. The number of benzene rings is 2. The average Bonchev–Trinajstić information content (AvgIpc) is 2.50. The van der Waals surface area contributed by atoms with Crippen molar-refractivity contribution in [1.29, 1.82) is 0 Å². The van der Waals surface area contributed by atoms with Crippen LogP contribution in [0, 0.1) is 10.1 Å². The number of hydrogen-bond acceptors (Lipinski definition) is 4. The van der Waals surface area contributed by atoms with Crippen LogP contribution >= 0.6 is 15.9 Å². The first kappa shape index (κ1) is 17.6. The van der Waals surface area contributed by atoms with E-state index in [1.165, 1.54) is 12.1 Å². The first-order chi connectivity index (χ1) is 10.9. The van der Waals surface area contributed by atoms with Crippen LogP contribution in [0.25, 0.3) is 0 Å². The van der Waals surface area contributed by atoms with E-state index in [2.05, 4.69) is 20.7 Å². The summed E-state index contributed by atoms with van der Waals surface area (Å²) in [6.07, 6.45) is 0.470. The first-order valence-electron chi connectivity index (χ1n) is 6.81. The lowest BCUT2D eigenvalue weighted by Gasteiger charge is -2.07. The van der Waals surface area contributed by atoms with Crippen molar-refractivity contribution in [2.24, 2.45) is 0 Å². The lowest BCUT2D eigenvalue weighted by atomic mass is 10.1. The fraction of sp³-hybridized carbons (Fsp3) is 0.200. The number of halogens is 1. The molecule has 0 saturated carbocycles. The Morgan fingerprint density at radius 3 is 2.13 bits per heavy atom. The van der Waals surface area contributed by atoms with E-state index >= 15 is 0 Å². The maximum atomic E-state index is 12.0. The van der Waals surface area contributed by atoms with Crippen molar-refractivity contribution >= 4 is 31.6 Å². The van der Waals surface area contributed by atoms with Gasteiger partial charge in [-0.25, -0.2) is 13.1 Å². The zero-order valence-electron chi connectivity index (χ0n) is 12.1. The molecular weight excluding hydrogens is 384 g/mol. The van der Waals surface area contributed by atoms with Crippen LogP contribution in [0.4, 0.5) is 5.69 Å². The summed E-state index contributed by atoms with van der Waals surface area (Å²) in [5, 5.41) is 10.6. The van der Waals surface area contributed by atoms with Crippen LogP contribution in [0.5, 0.6) is 0 Å². The van der Waals surface area contributed by atoms with Gasteiger partial charge in [0.25, 0.3) is 5.69 Å². The third kappa shape index (κ3) is 5.74. The molecule has 0 aliphatic heterocycles. The molecule has 2 aromatic carbocycles. The highest BCUT2D eigenvalue weighted by atomic mass is 79.9. The second-order valence-corrected chi connectivity index (χ2v) is 7.68. The number of sulfonamides is 1. The van der Waals surface area contributed by atoms with Crippen LogP contribution in [0.3, 0.4) is 0 Å². The molecule has 0 atom stereocenters. The number of hydrogen-bond donors (Lipinski definition) is 1. The van der Waals surface area contributed by atoms with Crippen LogP contribution in [0.2, 0.25) is 0 Å². The van der Waals surface area contributed by atoms with Gasteiger partial charge in [0, 0.05) is 23.2 Å². The second-order valence-electron chi connectivity index (χ2n) is 4.95. The van der Waals surface area contributed by atoms with Crippen molar-refractivity contribution in [2.45, 2.75) is 12.2 Å². The highest BCUT2D eigenvalue weighted by Crippen LogP contribution is 2.13. The maximum Gasteiger partial charge on any atom is 0.269 e. The van der Waals surface area contributed by atoms with Gasteiger partial charge in [0.05, 0.1) is 10.7 Å². The fourth-order valence-electron chi connectivity index (χ4n) is 1.99. The molecule has 0 aliphatic carbocycles. The minimum Gasteiger partial charge on any atom is -0.258 e. The summed E-state index contributed by atoms with van der Waals surface area (Å²) < 4.78 is 27.4. The third-order valence-corrected chi connectivity index (χ3v) is 5.04. The van der Waals surface area contributed by atoms with Gasteiger partial charge in [0.15, 0.2) is 0 Å². The number of nitrogens with zero attached hydrogens (tertiary/aromatic N) is 1. The number of rotatable bonds is 7. The molecule has 0 aliphatic rings. The Bertz CT molecular complexity index is 774. The Morgan fingerprint density at radius 2 is 1.57 bits per heavy atom. The number of nitrogens with one attached hydrogen (secondary N) is 1. The largest absolute Gasteiger partial charge is 0.269 e. The van der Waals surface area contributed by atoms with E-state index in [1.54, 1.807) is 36.4 Å². The van der Waals surface area contributed by atoms with E-state index in [4.69, 9.17) is 0 Å². The predicted molar refractivity (Wildman–Crippen MR) is 91.6 cm³/mol. The van der Waals surface area contributed by atoms with E-state index in [9.17, 15) is 18.5 Å². The molecule has 0 fully saturated rings. The quantitative estimate of drug-likeness (QED) is 0.573. The number of nitro benzene ring substituents is 1. The molecule has 0 spiro atoms. The van der Waals surface area contributed by atoms with Gasteiger partial charge in [-0.2, -0.15) is 0 Å². The van der Waals surface area contributed by atoms with E-state index in [-0.39, 0.29) is 18.0 Å². The molecule has 2 aromatic rings. The normalized spacial score (nSPS) is 11.3. The smallest absolute Gasteiger partial charge is 0.258 e. The molecule has 8 heteroatoms. The molecule has 2 rings (SSSR count). The van der Waals surface area contributed by atoms with Crippen LogP contribution in [0.15, 0.2) is 53.0 Å². The minimum atomic E-state index is -3.41. The van der Waals surface area contributed by atoms with Crippen molar-refractivity contribution in [3.63, 3.8) is 0 Å². The van der Waals surface area contributed by atoms with Gasteiger partial charge in [-0.3, -0.25) is 10.1 Å². The standard InChI is InChI=1S/C15H15BrN2O4S/c16-14-5-1-13(2-6-14)11-23(21,22)17-10-9-12-3-7-15(8-4-12)18(19)20/h1-8,17H,9-11H2. The molecule has 1 N–H and O–H groups in total. The molecule has 23 heavy (non-hydrogen) atoms. The molecule has 0 aromatic heterocycles. The van der Waals surface area contributed by atoms with Crippen molar-refractivity contribution in [1.82, 2.24) is 4.72 Å². The molecule has 122 valence electrons. The highest BCUT2D eigenvalue weighted by Gasteiger charge is 2.11. The van der Waals surface area contributed by atoms with Gasteiger partial charge in [0.2, 0.25) is 10.0 Å². The van der Waals surface area contributed by atoms with E-state index in [0.29, 0.717) is 12.0 Å². The second kappa shape index (κ2) is 7.67.